The van der Waals surface area contributed by atoms with Crippen molar-refractivity contribution in [3.63, 3.8) is 0 Å². The van der Waals surface area contributed by atoms with Crippen molar-refractivity contribution in [1.82, 2.24) is 10.9 Å². The van der Waals surface area contributed by atoms with E-state index >= 15 is 0 Å². The van der Waals surface area contributed by atoms with Crippen LogP contribution in [-0.2, 0) is 15.1 Å². The van der Waals surface area contributed by atoms with E-state index in [0.717, 1.165) is 0 Å². The van der Waals surface area contributed by atoms with Gasteiger partial charge >= 0.3 is 10.3 Å². The quantitative estimate of drug-likeness (QED) is 0.398. The van der Waals surface area contributed by atoms with Gasteiger partial charge in [0, 0.05) is 5.57 Å². The zero-order valence-electron chi connectivity index (χ0n) is 5.99. The minimum Gasteiger partial charge on any atom is -0.344 e. The summed E-state index contributed by atoms with van der Waals surface area (Å²) in [6, 6.07) is 0. The second-order valence-electron chi connectivity index (χ2n) is 1.69. The van der Waals surface area contributed by atoms with Crippen molar-refractivity contribution in [2.75, 3.05) is 0 Å². The van der Waals surface area contributed by atoms with Gasteiger partial charge in [-0.1, -0.05) is 6.58 Å². The van der Waals surface area contributed by atoms with Crippen molar-refractivity contribution < 1.29 is 17.8 Å². The smallest absolute Gasteiger partial charge is 0.344 e. The second kappa shape index (κ2) is 4.06. The van der Waals surface area contributed by atoms with Crippen molar-refractivity contribution in [3.8, 4) is 0 Å². The highest BCUT2D eigenvalue weighted by Crippen LogP contribution is 1.86. The van der Waals surface area contributed by atoms with E-state index in [9.17, 15) is 13.2 Å². The predicted molar refractivity (Wildman–Crippen MR) is 39.5 cm³/mol. The Labute approximate surface area is 64.8 Å². The molecule has 0 rings (SSSR count). The maximum Gasteiger partial charge on any atom is 0.359 e. The van der Waals surface area contributed by atoms with E-state index in [1.165, 1.54) is 11.6 Å². The van der Waals surface area contributed by atoms with Crippen LogP contribution in [0.15, 0.2) is 12.2 Å². The van der Waals surface area contributed by atoms with E-state index in [-0.39, 0.29) is 11.7 Å². The summed E-state index contributed by atoms with van der Waals surface area (Å²) >= 11 is 0. The Kier molecular flexibility index (Phi) is 4.70. The Balaban J connectivity index is 0. The number of hydrogen-bond donors (Lipinski definition) is 3. The third-order valence-electron chi connectivity index (χ3n) is 0.609. The SMILES string of the molecule is C=C(C)C(=O)NS(=O)(=O)O.N. The molecule has 0 aromatic heterocycles. The van der Waals surface area contributed by atoms with E-state index in [0.29, 0.717) is 0 Å². The minimum absolute atomic E-state index is 0. The largest absolute Gasteiger partial charge is 0.359 e. The number of nitrogens with one attached hydrogen (secondary N) is 1. The lowest BCUT2D eigenvalue weighted by atomic mass is 10.3. The van der Waals surface area contributed by atoms with E-state index in [1.54, 1.807) is 0 Å². The molecule has 0 aromatic rings. The van der Waals surface area contributed by atoms with Crippen molar-refractivity contribution >= 4 is 16.2 Å². The molecule has 0 fully saturated rings. The second-order valence-corrected chi connectivity index (χ2v) is 2.84. The number of amides is 1. The van der Waals surface area contributed by atoms with Gasteiger partial charge in [0.2, 0.25) is 0 Å². The van der Waals surface area contributed by atoms with Crippen LogP contribution in [-0.4, -0.2) is 18.9 Å². The molecule has 7 heteroatoms. The zero-order chi connectivity index (χ0) is 8.36. The highest BCUT2D eigenvalue weighted by atomic mass is 32.2. The highest BCUT2D eigenvalue weighted by molar-refractivity contribution is 7.84. The molecule has 0 unspecified atom stereocenters. The minimum atomic E-state index is -4.43. The molecule has 0 aliphatic heterocycles. The van der Waals surface area contributed by atoms with E-state index in [1.807, 2.05) is 0 Å². The van der Waals surface area contributed by atoms with Crippen LogP contribution in [0.5, 0.6) is 0 Å². The lowest BCUT2D eigenvalue weighted by Gasteiger charge is -1.97. The third-order valence-corrected chi connectivity index (χ3v) is 1.05. The summed E-state index contributed by atoms with van der Waals surface area (Å²) in [5, 5.41) is 0. The molecule has 0 aliphatic carbocycles. The van der Waals surface area contributed by atoms with Crippen LogP contribution in [0, 0.1) is 0 Å². The molecular formula is C4H10N2O4S. The fraction of sp³-hybridized carbons (Fsp3) is 0.250. The fourth-order valence-corrected chi connectivity index (χ4v) is 0.613. The zero-order valence-corrected chi connectivity index (χ0v) is 6.81. The Morgan fingerprint density at radius 2 is 1.91 bits per heavy atom. The molecule has 0 atom stereocenters. The van der Waals surface area contributed by atoms with Crippen LogP contribution in [0.1, 0.15) is 6.92 Å². The molecule has 5 N–H and O–H groups in total. The van der Waals surface area contributed by atoms with Gasteiger partial charge in [-0.25, -0.2) is 4.72 Å². The summed E-state index contributed by atoms with van der Waals surface area (Å²) in [5.74, 6) is -0.914. The van der Waals surface area contributed by atoms with Crippen LogP contribution >= 0.6 is 0 Å². The van der Waals surface area contributed by atoms with E-state index < -0.39 is 16.2 Å². The van der Waals surface area contributed by atoms with Crippen molar-refractivity contribution in [2.45, 2.75) is 6.92 Å². The summed E-state index contributed by atoms with van der Waals surface area (Å²) in [7, 11) is -4.43. The van der Waals surface area contributed by atoms with Gasteiger partial charge in [0.1, 0.15) is 0 Å². The molecule has 0 spiro atoms. The maximum atomic E-state index is 10.4. The summed E-state index contributed by atoms with van der Waals surface area (Å²) < 4.78 is 29.2. The average molecular weight is 182 g/mol. The standard InChI is InChI=1S/C4H7NO4S.H3N/c1-3(2)4(6)5-10(7,8)9;/h1H2,2H3,(H,5,6)(H,7,8,9);1H3. The van der Waals surface area contributed by atoms with Gasteiger partial charge < -0.3 is 6.15 Å². The van der Waals surface area contributed by atoms with E-state index in [4.69, 9.17) is 4.55 Å². The first-order valence-corrected chi connectivity index (χ1v) is 3.72. The van der Waals surface area contributed by atoms with Crippen LogP contribution in [0.25, 0.3) is 0 Å². The summed E-state index contributed by atoms with van der Waals surface area (Å²) in [5.41, 5.74) is 0.0117. The molecule has 0 aromatic carbocycles. The molecule has 0 aliphatic rings. The molecule has 66 valence electrons. The summed E-state index contributed by atoms with van der Waals surface area (Å²) in [4.78, 5) is 10.4. The van der Waals surface area contributed by atoms with E-state index in [2.05, 4.69) is 6.58 Å². The first-order valence-electron chi connectivity index (χ1n) is 2.28. The Morgan fingerprint density at radius 3 is 2.00 bits per heavy atom. The summed E-state index contributed by atoms with van der Waals surface area (Å²) in [6.45, 7) is 4.47. The van der Waals surface area contributed by atoms with Crippen LogP contribution in [0.4, 0.5) is 0 Å². The predicted octanol–water partition coefficient (Wildman–Crippen LogP) is -0.356. The molecule has 11 heavy (non-hydrogen) atoms. The molecule has 6 nitrogen and oxygen atoms in total. The third kappa shape index (κ3) is 6.97. The van der Waals surface area contributed by atoms with Crippen LogP contribution in [0.3, 0.4) is 0 Å². The number of hydrogen-bond acceptors (Lipinski definition) is 4. The van der Waals surface area contributed by atoms with Gasteiger partial charge in [-0.2, -0.15) is 8.42 Å². The van der Waals surface area contributed by atoms with Crippen molar-refractivity contribution in [2.24, 2.45) is 0 Å². The lowest BCUT2D eigenvalue weighted by Crippen LogP contribution is -2.29. The van der Waals surface area contributed by atoms with Gasteiger partial charge in [0.15, 0.2) is 0 Å². The topological polar surface area (TPSA) is 118 Å². The highest BCUT2D eigenvalue weighted by Gasteiger charge is 2.09. The number of carbonyl (C=O) groups excluding carboxylic acids is 1. The monoisotopic (exact) mass is 182 g/mol. The normalized spacial score (nSPS) is 9.64. The van der Waals surface area contributed by atoms with Crippen molar-refractivity contribution in [1.29, 1.82) is 0 Å². The molecule has 0 saturated heterocycles. The maximum absolute atomic E-state index is 10.4. The van der Waals surface area contributed by atoms with Gasteiger partial charge in [-0.15, -0.1) is 0 Å². The Hall–Kier alpha value is -0.920. The molecule has 0 heterocycles. The number of rotatable bonds is 2. The van der Waals surface area contributed by atoms with Crippen LogP contribution < -0.4 is 10.9 Å². The first-order chi connectivity index (χ1) is 4.33. The lowest BCUT2D eigenvalue weighted by molar-refractivity contribution is -0.115. The van der Waals surface area contributed by atoms with Crippen LogP contribution in [0.2, 0.25) is 0 Å². The Bertz CT molecular complexity index is 255. The molecule has 0 bridgehead atoms. The Morgan fingerprint density at radius 1 is 1.55 bits per heavy atom. The fourth-order valence-electron chi connectivity index (χ4n) is 0.204. The summed E-state index contributed by atoms with van der Waals surface area (Å²) in [6.07, 6.45) is 0. The van der Waals surface area contributed by atoms with Crippen molar-refractivity contribution in [3.05, 3.63) is 12.2 Å². The molecular weight excluding hydrogens is 172 g/mol. The molecule has 0 radical (unpaired) electrons. The van der Waals surface area contributed by atoms with Gasteiger partial charge in [-0.05, 0) is 6.92 Å². The number of carbonyl (C=O) groups is 1. The average Bonchev–Trinajstić information content (AvgIpc) is 1.60. The first kappa shape index (κ1) is 12.7. The van der Waals surface area contributed by atoms with Gasteiger partial charge in [0.05, 0.1) is 0 Å². The molecule has 0 saturated carbocycles. The van der Waals surface area contributed by atoms with Gasteiger partial charge in [0.25, 0.3) is 5.91 Å². The van der Waals surface area contributed by atoms with Gasteiger partial charge in [-0.3, -0.25) is 9.35 Å². The molecule has 1 amide bonds.